The number of aliphatic hydroxyl groups excluding tert-OH is 1. The molecule has 0 saturated carbocycles. The van der Waals surface area contributed by atoms with Gasteiger partial charge in [-0.2, -0.15) is 0 Å². The van der Waals surface area contributed by atoms with E-state index < -0.39 is 12.1 Å². The maximum atomic E-state index is 13.0. The Kier molecular flexibility index (Phi) is 5.76. The number of ether oxygens (including phenoxy) is 1. The van der Waals surface area contributed by atoms with Crippen LogP contribution in [0, 0.1) is 0 Å². The van der Waals surface area contributed by atoms with E-state index in [1.165, 1.54) is 4.90 Å². The molecule has 0 radical (unpaired) electrons. The highest BCUT2D eigenvalue weighted by Gasteiger charge is 2.38. The Morgan fingerprint density at radius 1 is 1.26 bits per heavy atom. The molecule has 6 nitrogen and oxygen atoms in total. The van der Waals surface area contributed by atoms with Crippen molar-refractivity contribution < 1.29 is 19.4 Å². The van der Waals surface area contributed by atoms with E-state index in [1.54, 1.807) is 43.3 Å². The Morgan fingerprint density at radius 3 is 2.70 bits per heavy atom. The van der Waals surface area contributed by atoms with E-state index in [0.717, 1.165) is 5.69 Å². The minimum absolute atomic E-state index is 0.0544. The number of amides is 2. The van der Waals surface area contributed by atoms with Crippen molar-refractivity contribution in [3.63, 3.8) is 0 Å². The molecule has 1 N–H and O–H groups in total. The van der Waals surface area contributed by atoms with Crippen LogP contribution in [-0.2, 0) is 9.59 Å². The van der Waals surface area contributed by atoms with Gasteiger partial charge in [-0.25, -0.2) is 0 Å². The number of benzene rings is 2. The summed E-state index contributed by atoms with van der Waals surface area (Å²) < 4.78 is 5.18. The van der Waals surface area contributed by atoms with Gasteiger partial charge in [-0.15, -0.1) is 0 Å². The van der Waals surface area contributed by atoms with Gasteiger partial charge in [-0.05, 0) is 36.2 Å². The van der Waals surface area contributed by atoms with E-state index >= 15 is 0 Å². The third kappa shape index (κ3) is 4.11. The third-order valence-electron chi connectivity index (χ3n) is 4.83. The number of para-hydroxylation sites is 1. The topological polar surface area (TPSA) is 70.1 Å². The molecule has 3 rings (SSSR count). The Balaban J connectivity index is 1.71. The van der Waals surface area contributed by atoms with E-state index in [0.29, 0.717) is 24.2 Å². The summed E-state index contributed by atoms with van der Waals surface area (Å²) in [4.78, 5) is 28.3. The molecular formula is C21H24N2O4. The largest absolute Gasteiger partial charge is 0.497 e. The van der Waals surface area contributed by atoms with Crippen LogP contribution in [0.15, 0.2) is 54.6 Å². The number of hydrogen-bond donors (Lipinski definition) is 1. The van der Waals surface area contributed by atoms with E-state index in [4.69, 9.17) is 4.74 Å². The SMILES string of the molecule is COc1cccc(C(O)CN(C)C(=O)C2CCC(=O)N2c2ccccc2)c1. The molecule has 2 unspecified atom stereocenters. The van der Waals surface area contributed by atoms with Gasteiger partial charge in [0.2, 0.25) is 11.8 Å². The fourth-order valence-corrected chi connectivity index (χ4v) is 3.39. The lowest BCUT2D eigenvalue weighted by atomic mass is 10.1. The minimum Gasteiger partial charge on any atom is -0.497 e. The standard InChI is InChI=1S/C21H24N2O4/c1-22(14-19(24)15-7-6-10-17(13-15)27-2)21(26)18-11-12-20(25)23(18)16-8-4-3-5-9-16/h3-10,13,18-19,24H,11-12,14H2,1-2H3. The Morgan fingerprint density at radius 2 is 2.00 bits per heavy atom. The van der Waals surface area contributed by atoms with Crippen LogP contribution in [-0.4, -0.2) is 48.6 Å². The van der Waals surface area contributed by atoms with Gasteiger partial charge in [-0.1, -0.05) is 30.3 Å². The van der Waals surface area contributed by atoms with Crippen LogP contribution in [0.3, 0.4) is 0 Å². The first-order valence-electron chi connectivity index (χ1n) is 8.95. The normalized spacial score (nSPS) is 17.7. The summed E-state index contributed by atoms with van der Waals surface area (Å²) in [5.41, 5.74) is 1.40. The molecule has 1 fully saturated rings. The maximum absolute atomic E-state index is 13.0. The number of nitrogens with zero attached hydrogens (tertiary/aromatic N) is 2. The lowest BCUT2D eigenvalue weighted by Gasteiger charge is -2.29. The summed E-state index contributed by atoms with van der Waals surface area (Å²) in [6.07, 6.45) is -0.0136. The molecule has 1 aliphatic heterocycles. The molecule has 2 atom stereocenters. The van der Waals surface area contributed by atoms with Gasteiger partial charge < -0.3 is 14.7 Å². The average Bonchev–Trinajstić information content (AvgIpc) is 3.09. The van der Waals surface area contributed by atoms with Gasteiger partial charge in [0.1, 0.15) is 11.8 Å². The number of aliphatic hydroxyl groups is 1. The predicted molar refractivity (Wildman–Crippen MR) is 103 cm³/mol. The summed E-state index contributed by atoms with van der Waals surface area (Å²) in [5.74, 6) is 0.421. The van der Waals surface area contributed by atoms with Crippen molar-refractivity contribution in [2.24, 2.45) is 0 Å². The van der Waals surface area contributed by atoms with Crippen LogP contribution in [0.2, 0.25) is 0 Å². The van der Waals surface area contributed by atoms with Crippen LogP contribution in [0.25, 0.3) is 0 Å². The number of anilines is 1. The van der Waals surface area contributed by atoms with Gasteiger partial charge in [0.25, 0.3) is 0 Å². The minimum atomic E-state index is -0.837. The zero-order valence-corrected chi connectivity index (χ0v) is 15.5. The summed E-state index contributed by atoms with van der Waals surface area (Å²) in [6, 6.07) is 15.8. The number of rotatable bonds is 6. The lowest BCUT2D eigenvalue weighted by Crippen LogP contribution is -2.46. The fraction of sp³-hybridized carbons (Fsp3) is 0.333. The number of carbonyl (C=O) groups is 2. The van der Waals surface area contributed by atoms with Gasteiger partial charge in [0, 0.05) is 19.2 Å². The highest BCUT2D eigenvalue weighted by Crippen LogP contribution is 2.28. The van der Waals surface area contributed by atoms with Crippen LogP contribution in [0.5, 0.6) is 5.75 Å². The van der Waals surface area contributed by atoms with Crippen molar-refractivity contribution in [2.75, 3.05) is 25.6 Å². The van der Waals surface area contributed by atoms with Crippen LogP contribution < -0.4 is 9.64 Å². The molecule has 2 amide bonds. The number of likely N-dealkylation sites (N-methyl/N-ethyl adjacent to an activating group) is 1. The highest BCUT2D eigenvalue weighted by molar-refractivity contribution is 6.03. The molecule has 27 heavy (non-hydrogen) atoms. The van der Waals surface area contributed by atoms with Crippen molar-refractivity contribution in [1.82, 2.24) is 4.90 Å². The van der Waals surface area contributed by atoms with Crippen molar-refractivity contribution in [2.45, 2.75) is 25.0 Å². The van der Waals surface area contributed by atoms with Crippen molar-refractivity contribution in [3.05, 3.63) is 60.2 Å². The Labute approximate surface area is 159 Å². The molecule has 0 aliphatic carbocycles. The third-order valence-corrected chi connectivity index (χ3v) is 4.83. The second kappa shape index (κ2) is 8.22. The molecule has 1 saturated heterocycles. The first-order chi connectivity index (χ1) is 13.0. The van der Waals surface area contributed by atoms with E-state index in [2.05, 4.69) is 0 Å². The summed E-state index contributed by atoms with van der Waals surface area (Å²) in [6.45, 7) is 0.138. The second-order valence-corrected chi connectivity index (χ2v) is 6.66. The molecule has 1 aliphatic rings. The van der Waals surface area contributed by atoms with Crippen molar-refractivity contribution in [3.8, 4) is 5.75 Å². The smallest absolute Gasteiger partial charge is 0.245 e. The monoisotopic (exact) mass is 368 g/mol. The maximum Gasteiger partial charge on any atom is 0.245 e. The van der Waals surface area contributed by atoms with Crippen molar-refractivity contribution >= 4 is 17.5 Å². The number of methoxy groups -OCH3 is 1. The molecule has 0 bridgehead atoms. The number of carbonyl (C=O) groups excluding carboxylic acids is 2. The molecule has 0 aromatic heterocycles. The van der Waals surface area contributed by atoms with Gasteiger partial charge in [0.05, 0.1) is 19.8 Å². The Hall–Kier alpha value is -2.86. The molecule has 142 valence electrons. The first kappa shape index (κ1) is 18.9. The molecule has 2 aromatic carbocycles. The summed E-state index contributed by atoms with van der Waals surface area (Å²) in [5, 5.41) is 10.5. The Bertz CT molecular complexity index is 809. The van der Waals surface area contributed by atoms with E-state index in [-0.39, 0.29) is 18.4 Å². The fourth-order valence-electron chi connectivity index (χ4n) is 3.39. The van der Waals surface area contributed by atoms with Gasteiger partial charge >= 0.3 is 0 Å². The molecule has 0 spiro atoms. The predicted octanol–water partition coefficient (Wildman–Crippen LogP) is 2.38. The average molecular weight is 368 g/mol. The number of hydrogen-bond acceptors (Lipinski definition) is 4. The quantitative estimate of drug-likeness (QED) is 0.850. The lowest BCUT2D eigenvalue weighted by molar-refractivity contribution is -0.133. The van der Waals surface area contributed by atoms with E-state index in [9.17, 15) is 14.7 Å². The highest BCUT2D eigenvalue weighted by atomic mass is 16.5. The zero-order valence-electron chi connectivity index (χ0n) is 15.5. The van der Waals surface area contributed by atoms with Crippen LogP contribution >= 0.6 is 0 Å². The van der Waals surface area contributed by atoms with E-state index in [1.807, 2.05) is 30.3 Å². The van der Waals surface area contributed by atoms with Crippen molar-refractivity contribution in [1.29, 1.82) is 0 Å². The second-order valence-electron chi connectivity index (χ2n) is 6.66. The first-order valence-corrected chi connectivity index (χ1v) is 8.95. The zero-order chi connectivity index (χ0) is 19.4. The van der Waals surface area contributed by atoms with Crippen LogP contribution in [0.1, 0.15) is 24.5 Å². The van der Waals surface area contributed by atoms with Gasteiger partial charge in [-0.3, -0.25) is 14.5 Å². The van der Waals surface area contributed by atoms with Gasteiger partial charge in [0.15, 0.2) is 0 Å². The molecule has 1 heterocycles. The molecule has 2 aromatic rings. The summed E-state index contributed by atoms with van der Waals surface area (Å²) in [7, 11) is 3.22. The summed E-state index contributed by atoms with van der Waals surface area (Å²) >= 11 is 0. The van der Waals surface area contributed by atoms with Crippen LogP contribution in [0.4, 0.5) is 5.69 Å². The molecule has 6 heteroatoms. The molecular weight excluding hydrogens is 344 g/mol.